The summed E-state index contributed by atoms with van der Waals surface area (Å²) in [6.45, 7) is 1.87. The van der Waals surface area contributed by atoms with Gasteiger partial charge in [-0.15, -0.1) is 0 Å². The van der Waals surface area contributed by atoms with Crippen LogP contribution in [0, 0.1) is 11.3 Å². The Kier molecular flexibility index (Phi) is 5.53. The highest BCUT2D eigenvalue weighted by atomic mass is 16.5. The first-order chi connectivity index (χ1) is 18.3. The van der Waals surface area contributed by atoms with Crippen molar-refractivity contribution in [1.29, 1.82) is 0 Å². The van der Waals surface area contributed by atoms with Gasteiger partial charge in [0.2, 0.25) is 11.8 Å². The van der Waals surface area contributed by atoms with Gasteiger partial charge in [0.1, 0.15) is 12.4 Å². The van der Waals surface area contributed by atoms with Crippen LogP contribution in [0.4, 0.5) is 5.69 Å². The zero-order valence-corrected chi connectivity index (χ0v) is 21.1. The lowest BCUT2D eigenvalue weighted by molar-refractivity contribution is -0.129. The van der Waals surface area contributed by atoms with E-state index in [0.717, 1.165) is 10.1 Å². The highest BCUT2D eigenvalue weighted by molar-refractivity contribution is 6.24. The van der Waals surface area contributed by atoms with Crippen molar-refractivity contribution in [3.63, 3.8) is 0 Å². The third-order valence-electron chi connectivity index (χ3n) is 8.32. The largest absolute Gasteiger partial charge is 0.491 e. The molecule has 1 N–H and O–H groups in total. The number of anilines is 1. The number of hydrogen-bond donors (Lipinski definition) is 1. The number of nitrogens with zero attached hydrogens (tertiary/aromatic N) is 4. The molecule has 196 valence electrons. The number of hydrogen-bond acceptors (Lipinski definition) is 6. The van der Waals surface area contributed by atoms with Crippen molar-refractivity contribution in [2.45, 2.75) is 31.8 Å². The molecular weight excluding hydrogens is 488 g/mol. The molecule has 3 aliphatic rings. The second kappa shape index (κ2) is 8.70. The van der Waals surface area contributed by atoms with Crippen LogP contribution in [0.3, 0.4) is 0 Å². The van der Waals surface area contributed by atoms with Crippen LogP contribution in [0.1, 0.15) is 30.9 Å². The van der Waals surface area contributed by atoms with Crippen molar-refractivity contribution >= 4 is 17.5 Å². The van der Waals surface area contributed by atoms with E-state index in [-0.39, 0.29) is 38.0 Å². The van der Waals surface area contributed by atoms with Gasteiger partial charge >= 0.3 is 11.4 Å². The topological polar surface area (TPSA) is 116 Å². The van der Waals surface area contributed by atoms with Crippen LogP contribution >= 0.6 is 0 Å². The SMILES string of the molecule is Cn1c(=O)n2n(c1=O)[C@@H]1C[C@H]3C(=O)N(c4ccccc4)C(=O)[C@@]3(C)[C@@H](c3ccccc3OCCO)C1=CC2. The fraction of sp³-hybridized carbons (Fsp3) is 0.357. The molecule has 38 heavy (non-hydrogen) atoms. The normalized spacial score (nSPS) is 26.0. The van der Waals surface area contributed by atoms with E-state index >= 15 is 0 Å². The highest BCUT2D eigenvalue weighted by Gasteiger charge is 2.65. The monoisotopic (exact) mass is 516 g/mol. The van der Waals surface area contributed by atoms with E-state index in [1.807, 2.05) is 37.3 Å². The molecule has 0 bridgehead atoms. The van der Waals surface area contributed by atoms with Gasteiger partial charge in [0.15, 0.2) is 0 Å². The molecule has 4 atom stereocenters. The molecular formula is C28H28N4O6. The number of aliphatic hydroxyl groups excluding tert-OH is 1. The summed E-state index contributed by atoms with van der Waals surface area (Å²) in [6.07, 6.45) is 2.11. The van der Waals surface area contributed by atoms with Crippen molar-refractivity contribution in [1.82, 2.24) is 13.9 Å². The zero-order chi connectivity index (χ0) is 26.8. The Balaban J connectivity index is 1.59. The predicted octanol–water partition coefficient (Wildman–Crippen LogP) is 1.58. The molecule has 2 aliphatic heterocycles. The molecule has 3 heterocycles. The zero-order valence-electron chi connectivity index (χ0n) is 21.1. The molecule has 0 radical (unpaired) electrons. The molecule has 6 rings (SSSR count). The van der Waals surface area contributed by atoms with E-state index < -0.39 is 34.7 Å². The van der Waals surface area contributed by atoms with Crippen LogP contribution in [0.2, 0.25) is 0 Å². The van der Waals surface area contributed by atoms with Crippen LogP contribution in [-0.2, 0) is 23.2 Å². The summed E-state index contributed by atoms with van der Waals surface area (Å²) < 4.78 is 9.78. The van der Waals surface area contributed by atoms with Gasteiger partial charge in [0.05, 0.1) is 36.2 Å². The van der Waals surface area contributed by atoms with Gasteiger partial charge in [0.25, 0.3) is 0 Å². The molecule has 2 aromatic carbocycles. The summed E-state index contributed by atoms with van der Waals surface area (Å²) in [5, 5.41) is 9.41. The molecule has 1 aliphatic carbocycles. The summed E-state index contributed by atoms with van der Waals surface area (Å²) in [5.74, 6) is -1.51. The van der Waals surface area contributed by atoms with E-state index in [1.165, 1.54) is 21.3 Å². The number of aliphatic hydroxyl groups is 1. The van der Waals surface area contributed by atoms with Gasteiger partial charge in [-0.1, -0.05) is 42.5 Å². The van der Waals surface area contributed by atoms with Gasteiger partial charge in [-0.2, -0.15) is 0 Å². The number of benzene rings is 2. The maximum atomic E-state index is 14.3. The van der Waals surface area contributed by atoms with Crippen LogP contribution < -0.4 is 21.0 Å². The minimum Gasteiger partial charge on any atom is -0.491 e. The number of aromatic nitrogens is 3. The lowest BCUT2D eigenvalue weighted by Crippen LogP contribution is -2.49. The molecule has 2 fully saturated rings. The van der Waals surface area contributed by atoms with Gasteiger partial charge in [-0.05, 0) is 37.1 Å². The summed E-state index contributed by atoms with van der Waals surface area (Å²) in [6, 6.07) is 15.5. The molecule has 0 spiro atoms. The number of rotatable bonds is 5. The summed E-state index contributed by atoms with van der Waals surface area (Å²) in [5.41, 5.74) is -0.0781. The molecule has 1 saturated carbocycles. The quantitative estimate of drug-likeness (QED) is 0.407. The average Bonchev–Trinajstić information content (AvgIpc) is 3.27. The molecule has 2 amide bonds. The molecule has 1 saturated heterocycles. The van der Waals surface area contributed by atoms with E-state index in [9.17, 15) is 24.3 Å². The molecule has 3 aromatic rings. The first-order valence-electron chi connectivity index (χ1n) is 12.6. The second-order valence-electron chi connectivity index (χ2n) is 10.2. The standard InChI is InChI=1S/C28H28N4O6/c1-28-20(24(34)31(25(28)35)17-8-4-3-5-9-17)16-21-18(12-13-30-26(36)29(2)27(37)32(21)30)23(28)19-10-6-7-11-22(19)38-15-14-33/h3-12,20-21,23,33H,13-16H2,1-2H3/t20-,21+,23+,28+/m0/s1. The Hall–Kier alpha value is -4.18. The lowest BCUT2D eigenvalue weighted by Gasteiger charge is -2.47. The van der Waals surface area contributed by atoms with E-state index in [4.69, 9.17) is 4.74 Å². The smallest absolute Gasteiger partial charge is 0.347 e. The number of allylic oxidation sites excluding steroid dienone is 2. The third-order valence-corrected chi connectivity index (χ3v) is 8.32. The first-order valence-corrected chi connectivity index (χ1v) is 12.6. The molecule has 1 aromatic heterocycles. The van der Waals surface area contributed by atoms with E-state index in [2.05, 4.69) is 0 Å². The number of carbonyl (C=O) groups is 2. The predicted molar refractivity (Wildman–Crippen MR) is 138 cm³/mol. The minimum absolute atomic E-state index is 0.0626. The van der Waals surface area contributed by atoms with Crippen molar-refractivity contribution in [3.8, 4) is 5.75 Å². The van der Waals surface area contributed by atoms with Crippen molar-refractivity contribution in [2.75, 3.05) is 18.1 Å². The second-order valence-corrected chi connectivity index (χ2v) is 10.2. The molecule has 10 heteroatoms. The fourth-order valence-corrected chi connectivity index (χ4v) is 6.56. The number of amides is 2. The van der Waals surface area contributed by atoms with Gasteiger partial charge in [-0.25, -0.2) is 28.4 Å². The first kappa shape index (κ1) is 24.2. The number of ether oxygens (including phenoxy) is 1. The Morgan fingerprint density at radius 2 is 1.71 bits per heavy atom. The number of para-hydroxylation sites is 2. The highest BCUT2D eigenvalue weighted by Crippen LogP contribution is 2.62. The minimum atomic E-state index is -1.17. The van der Waals surface area contributed by atoms with Crippen LogP contribution in [0.5, 0.6) is 5.75 Å². The Morgan fingerprint density at radius 1 is 1.00 bits per heavy atom. The van der Waals surface area contributed by atoms with Crippen molar-refractivity contribution in [3.05, 3.63) is 92.8 Å². The summed E-state index contributed by atoms with van der Waals surface area (Å²) in [4.78, 5) is 55.5. The summed E-state index contributed by atoms with van der Waals surface area (Å²) >= 11 is 0. The number of fused-ring (bicyclic) bond motifs is 4. The van der Waals surface area contributed by atoms with E-state index in [0.29, 0.717) is 17.0 Å². The molecule has 0 unspecified atom stereocenters. The van der Waals surface area contributed by atoms with Crippen molar-refractivity contribution in [2.24, 2.45) is 18.4 Å². The van der Waals surface area contributed by atoms with E-state index in [1.54, 1.807) is 30.3 Å². The Labute approximate surface area is 218 Å². The van der Waals surface area contributed by atoms with Crippen LogP contribution in [0.15, 0.2) is 75.8 Å². The third kappa shape index (κ3) is 3.16. The molecule has 10 nitrogen and oxygen atoms in total. The maximum Gasteiger partial charge on any atom is 0.347 e. The van der Waals surface area contributed by atoms with Crippen LogP contribution in [-0.4, -0.2) is 44.1 Å². The lowest BCUT2D eigenvalue weighted by atomic mass is 9.56. The van der Waals surface area contributed by atoms with Gasteiger partial charge in [-0.3, -0.25) is 9.59 Å². The fourth-order valence-electron chi connectivity index (χ4n) is 6.56. The summed E-state index contributed by atoms with van der Waals surface area (Å²) in [7, 11) is 1.44. The van der Waals surface area contributed by atoms with Gasteiger partial charge < -0.3 is 9.84 Å². The number of imide groups is 1. The maximum absolute atomic E-state index is 14.3. The van der Waals surface area contributed by atoms with Crippen LogP contribution in [0.25, 0.3) is 0 Å². The van der Waals surface area contributed by atoms with Gasteiger partial charge in [0, 0.05) is 18.5 Å². The average molecular weight is 517 g/mol. The van der Waals surface area contributed by atoms with Crippen molar-refractivity contribution < 1.29 is 19.4 Å². The number of carbonyl (C=O) groups excluding carboxylic acids is 2. The Morgan fingerprint density at radius 3 is 2.45 bits per heavy atom. The Bertz CT molecular complexity index is 1600.